The second-order valence-electron chi connectivity index (χ2n) is 8.04. The number of nitrogens with one attached hydrogen (secondary N) is 1. The Balaban J connectivity index is 1.41. The maximum Gasteiger partial charge on any atom is 0.257 e. The van der Waals surface area contributed by atoms with Crippen LogP contribution in [0.1, 0.15) is 48.8 Å². The predicted octanol–water partition coefficient (Wildman–Crippen LogP) is 4.78. The molecule has 154 valence electrons. The van der Waals surface area contributed by atoms with E-state index in [1.165, 1.54) is 12.8 Å². The monoisotopic (exact) mass is 420 g/mol. The molecule has 0 atom stereocenters. The summed E-state index contributed by atoms with van der Waals surface area (Å²) in [5.41, 5.74) is 3.80. The van der Waals surface area contributed by atoms with Crippen LogP contribution in [0.3, 0.4) is 0 Å². The average Bonchev–Trinajstić information content (AvgIpc) is 3.45. The SMILES string of the molecule is Cc1nc2c(cnn2C(C)C)cc1C(=O)Nc1ccc2nc(N3CCCC3)sc2c1. The van der Waals surface area contributed by atoms with Gasteiger partial charge in [-0.05, 0) is 57.9 Å². The van der Waals surface area contributed by atoms with Gasteiger partial charge in [0.25, 0.3) is 5.91 Å². The summed E-state index contributed by atoms with van der Waals surface area (Å²) in [7, 11) is 0. The molecule has 4 heterocycles. The number of anilines is 2. The van der Waals surface area contributed by atoms with Crippen molar-refractivity contribution >= 4 is 49.3 Å². The van der Waals surface area contributed by atoms with Gasteiger partial charge >= 0.3 is 0 Å². The van der Waals surface area contributed by atoms with Crippen LogP contribution in [0.15, 0.2) is 30.5 Å². The van der Waals surface area contributed by atoms with Crippen LogP contribution in [0.2, 0.25) is 0 Å². The van der Waals surface area contributed by atoms with E-state index in [1.54, 1.807) is 17.5 Å². The van der Waals surface area contributed by atoms with Gasteiger partial charge in [-0.15, -0.1) is 0 Å². The normalized spacial score (nSPS) is 14.3. The first kappa shape index (κ1) is 19.0. The van der Waals surface area contributed by atoms with Gasteiger partial charge in [-0.2, -0.15) is 5.10 Å². The fourth-order valence-corrected chi connectivity index (χ4v) is 4.96. The molecule has 1 aromatic carbocycles. The molecule has 1 aliphatic rings. The fraction of sp³-hybridized carbons (Fsp3) is 0.364. The Labute approximate surface area is 178 Å². The van der Waals surface area contributed by atoms with Gasteiger partial charge in [-0.25, -0.2) is 14.6 Å². The van der Waals surface area contributed by atoms with Gasteiger partial charge in [0.1, 0.15) is 0 Å². The summed E-state index contributed by atoms with van der Waals surface area (Å²) >= 11 is 1.68. The molecule has 0 spiro atoms. The van der Waals surface area contributed by atoms with Crippen molar-refractivity contribution in [3.8, 4) is 0 Å². The lowest BCUT2D eigenvalue weighted by molar-refractivity contribution is 0.102. The zero-order valence-corrected chi connectivity index (χ0v) is 18.2. The Morgan fingerprint density at radius 3 is 2.73 bits per heavy atom. The number of nitrogens with zero attached hydrogens (tertiary/aromatic N) is 5. The largest absolute Gasteiger partial charge is 0.348 e. The number of benzene rings is 1. The third-order valence-electron chi connectivity index (χ3n) is 5.51. The van der Waals surface area contributed by atoms with E-state index in [0.717, 1.165) is 45.2 Å². The van der Waals surface area contributed by atoms with Crippen molar-refractivity contribution in [1.82, 2.24) is 19.7 Å². The Morgan fingerprint density at radius 2 is 1.97 bits per heavy atom. The minimum Gasteiger partial charge on any atom is -0.348 e. The van der Waals surface area contributed by atoms with Gasteiger partial charge in [-0.3, -0.25) is 4.79 Å². The molecular weight excluding hydrogens is 396 g/mol. The molecule has 0 radical (unpaired) electrons. The van der Waals surface area contributed by atoms with Crippen LogP contribution < -0.4 is 10.2 Å². The lowest BCUT2D eigenvalue weighted by Crippen LogP contribution is -2.16. The van der Waals surface area contributed by atoms with Gasteiger partial charge in [-0.1, -0.05) is 11.3 Å². The molecule has 7 nitrogen and oxygen atoms in total. The second kappa shape index (κ2) is 7.36. The zero-order chi connectivity index (χ0) is 20.8. The van der Waals surface area contributed by atoms with E-state index in [2.05, 4.69) is 34.1 Å². The van der Waals surface area contributed by atoms with Crippen LogP contribution in [-0.2, 0) is 0 Å². The van der Waals surface area contributed by atoms with Crippen molar-refractivity contribution in [3.05, 3.63) is 41.7 Å². The van der Waals surface area contributed by atoms with Gasteiger partial charge in [0.15, 0.2) is 10.8 Å². The molecule has 1 saturated heterocycles. The van der Waals surface area contributed by atoms with Gasteiger partial charge in [0, 0.05) is 30.2 Å². The lowest BCUT2D eigenvalue weighted by atomic mass is 10.1. The van der Waals surface area contributed by atoms with E-state index < -0.39 is 0 Å². The zero-order valence-electron chi connectivity index (χ0n) is 17.3. The second-order valence-corrected chi connectivity index (χ2v) is 9.05. The van der Waals surface area contributed by atoms with Crippen molar-refractivity contribution in [1.29, 1.82) is 0 Å². The molecule has 1 fully saturated rings. The maximum atomic E-state index is 13.0. The first-order chi connectivity index (χ1) is 14.5. The highest BCUT2D eigenvalue weighted by molar-refractivity contribution is 7.22. The Morgan fingerprint density at radius 1 is 1.17 bits per heavy atom. The van der Waals surface area contributed by atoms with Gasteiger partial charge < -0.3 is 10.2 Å². The molecule has 3 aromatic heterocycles. The van der Waals surface area contributed by atoms with Crippen molar-refractivity contribution in [2.75, 3.05) is 23.3 Å². The number of rotatable bonds is 4. The molecular formula is C22H24N6OS. The third kappa shape index (κ3) is 3.31. The Hall–Kier alpha value is -3.00. The molecule has 30 heavy (non-hydrogen) atoms. The number of hydrogen-bond donors (Lipinski definition) is 1. The quantitative estimate of drug-likeness (QED) is 0.514. The number of carbonyl (C=O) groups is 1. The highest BCUT2D eigenvalue weighted by Gasteiger charge is 2.18. The summed E-state index contributed by atoms with van der Waals surface area (Å²) in [6.07, 6.45) is 4.22. The smallest absolute Gasteiger partial charge is 0.257 e. The summed E-state index contributed by atoms with van der Waals surface area (Å²) in [5.74, 6) is -0.164. The first-order valence-electron chi connectivity index (χ1n) is 10.3. The van der Waals surface area contributed by atoms with Crippen LogP contribution in [0.5, 0.6) is 0 Å². The molecule has 0 unspecified atom stereocenters. The molecule has 1 N–H and O–H groups in total. The van der Waals surface area contributed by atoms with Gasteiger partial charge in [0.05, 0.1) is 27.7 Å². The van der Waals surface area contributed by atoms with E-state index in [9.17, 15) is 4.79 Å². The van der Waals surface area contributed by atoms with E-state index in [-0.39, 0.29) is 11.9 Å². The van der Waals surface area contributed by atoms with Crippen molar-refractivity contribution in [2.24, 2.45) is 0 Å². The van der Waals surface area contributed by atoms with E-state index in [4.69, 9.17) is 4.98 Å². The summed E-state index contributed by atoms with van der Waals surface area (Å²) < 4.78 is 2.96. The number of amides is 1. The van der Waals surface area contributed by atoms with Crippen molar-refractivity contribution in [2.45, 2.75) is 39.7 Å². The maximum absolute atomic E-state index is 13.0. The molecule has 1 aliphatic heterocycles. The number of fused-ring (bicyclic) bond motifs is 2. The highest BCUT2D eigenvalue weighted by atomic mass is 32.1. The number of aryl methyl sites for hydroxylation is 1. The van der Waals surface area contributed by atoms with Crippen LogP contribution in [0.25, 0.3) is 21.3 Å². The van der Waals surface area contributed by atoms with Crippen LogP contribution in [0.4, 0.5) is 10.8 Å². The molecule has 1 amide bonds. The van der Waals surface area contributed by atoms with E-state index >= 15 is 0 Å². The molecule has 5 rings (SSSR count). The lowest BCUT2D eigenvalue weighted by Gasteiger charge is -2.11. The number of hydrogen-bond acceptors (Lipinski definition) is 6. The van der Waals surface area contributed by atoms with Gasteiger partial charge in [0.2, 0.25) is 0 Å². The summed E-state index contributed by atoms with van der Waals surface area (Å²) in [5, 5.41) is 9.36. The van der Waals surface area contributed by atoms with Crippen LogP contribution >= 0.6 is 11.3 Å². The third-order valence-corrected chi connectivity index (χ3v) is 6.58. The Bertz CT molecular complexity index is 1250. The highest BCUT2D eigenvalue weighted by Crippen LogP contribution is 2.32. The van der Waals surface area contributed by atoms with Crippen molar-refractivity contribution in [3.63, 3.8) is 0 Å². The Kier molecular flexibility index (Phi) is 4.66. The molecule has 8 heteroatoms. The summed E-state index contributed by atoms with van der Waals surface area (Å²) in [6, 6.07) is 7.97. The number of carbonyl (C=O) groups excluding carboxylic acids is 1. The number of thiazole rings is 1. The topological polar surface area (TPSA) is 75.9 Å². The van der Waals surface area contributed by atoms with E-state index in [0.29, 0.717) is 11.3 Å². The summed E-state index contributed by atoms with van der Waals surface area (Å²) in [4.78, 5) is 24.7. The average molecular weight is 421 g/mol. The van der Waals surface area contributed by atoms with E-state index in [1.807, 2.05) is 35.9 Å². The molecule has 0 aliphatic carbocycles. The predicted molar refractivity (Wildman–Crippen MR) is 122 cm³/mol. The minimum absolute atomic E-state index is 0.164. The molecule has 0 saturated carbocycles. The number of aromatic nitrogens is 4. The van der Waals surface area contributed by atoms with Crippen LogP contribution in [-0.4, -0.2) is 38.7 Å². The molecule has 0 bridgehead atoms. The first-order valence-corrected chi connectivity index (χ1v) is 11.1. The standard InChI is InChI=1S/C22H24N6OS/c1-13(2)28-20-15(12-23-28)10-17(14(3)24-20)21(29)25-16-6-7-18-19(11-16)30-22(26-18)27-8-4-5-9-27/h6-7,10-13H,4-5,8-9H2,1-3H3,(H,25,29). The van der Waals surface area contributed by atoms with Crippen molar-refractivity contribution < 1.29 is 4.79 Å². The fourth-order valence-electron chi connectivity index (χ4n) is 3.91. The molecule has 4 aromatic rings. The summed E-state index contributed by atoms with van der Waals surface area (Å²) in [6.45, 7) is 8.14. The minimum atomic E-state index is -0.164. The number of pyridine rings is 1. The van der Waals surface area contributed by atoms with Crippen LogP contribution in [0, 0.1) is 6.92 Å².